The predicted molar refractivity (Wildman–Crippen MR) is 77.2 cm³/mol. The predicted octanol–water partition coefficient (Wildman–Crippen LogP) is 1.04. The third-order valence-electron chi connectivity index (χ3n) is 4.35. The van der Waals surface area contributed by atoms with E-state index in [1.807, 2.05) is 0 Å². The molecule has 0 unspecified atom stereocenters. The maximum absolute atomic E-state index is 12.4. The average molecular weight is 289 g/mol. The van der Waals surface area contributed by atoms with Crippen molar-refractivity contribution in [3.63, 3.8) is 0 Å². The Balaban J connectivity index is 1.81. The van der Waals surface area contributed by atoms with E-state index in [9.17, 15) is 8.42 Å². The molecule has 0 aromatic carbocycles. The van der Waals surface area contributed by atoms with Crippen LogP contribution in [0.2, 0.25) is 0 Å². The van der Waals surface area contributed by atoms with Crippen molar-refractivity contribution in [1.29, 1.82) is 0 Å². The maximum Gasteiger partial charge on any atom is 0.281 e. The standard InChI is InChI=1S/C13H27N3O2S/c1-15(12-7-13-5-8-14-9-6-13)19(17,18)16-10-3-2-4-11-16/h13-14H,2-12H2,1H3. The van der Waals surface area contributed by atoms with E-state index in [0.29, 0.717) is 25.6 Å². The SMILES string of the molecule is CN(CCC1CCNCC1)S(=O)(=O)N1CCCCC1. The molecule has 6 heteroatoms. The van der Waals surface area contributed by atoms with Gasteiger partial charge in [-0.2, -0.15) is 17.0 Å². The largest absolute Gasteiger partial charge is 0.317 e. The van der Waals surface area contributed by atoms with E-state index in [-0.39, 0.29) is 0 Å². The molecule has 2 saturated heterocycles. The van der Waals surface area contributed by atoms with Gasteiger partial charge in [0, 0.05) is 26.7 Å². The van der Waals surface area contributed by atoms with Gasteiger partial charge in [-0.1, -0.05) is 6.42 Å². The molecule has 2 aliphatic heterocycles. The number of piperidine rings is 2. The third kappa shape index (κ3) is 4.15. The summed E-state index contributed by atoms with van der Waals surface area (Å²) >= 11 is 0. The molecule has 0 bridgehead atoms. The lowest BCUT2D eigenvalue weighted by atomic mass is 9.95. The van der Waals surface area contributed by atoms with Gasteiger partial charge in [0.2, 0.25) is 0 Å². The Hall–Kier alpha value is -0.170. The van der Waals surface area contributed by atoms with Crippen LogP contribution in [0, 0.1) is 5.92 Å². The van der Waals surface area contributed by atoms with Crippen molar-refractivity contribution in [2.75, 3.05) is 39.8 Å². The zero-order valence-corrected chi connectivity index (χ0v) is 12.8. The van der Waals surface area contributed by atoms with Gasteiger partial charge in [0.15, 0.2) is 0 Å². The van der Waals surface area contributed by atoms with Gasteiger partial charge in [0.05, 0.1) is 0 Å². The van der Waals surface area contributed by atoms with E-state index < -0.39 is 10.2 Å². The first-order chi connectivity index (χ1) is 9.10. The molecule has 0 aromatic heterocycles. The van der Waals surface area contributed by atoms with Gasteiger partial charge >= 0.3 is 0 Å². The van der Waals surface area contributed by atoms with Crippen molar-refractivity contribution in [2.45, 2.75) is 38.5 Å². The van der Waals surface area contributed by atoms with Crippen molar-refractivity contribution < 1.29 is 8.42 Å². The zero-order chi connectivity index (χ0) is 13.7. The molecular weight excluding hydrogens is 262 g/mol. The van der Waals surface area contributed by atoms with Gasteiger partial charge in [0.1, 0.15) is 0 Å². The minimum atomic E-state index is -3.21. The zero-order valence-electron chi connectivity index (χ0n) is 12.0. The molecule has 2 rings (SSSR count). The lowest BCUT2D eigenvalue weighted by Gasteiger charge is -2.31. The number of nitrogens with zero attached hydrogens (tertiary/aromatic N) is 2. The summed E-state index contributed by atoms with van der Waals surface area (Å²) in [6.07, 6.45) is 6.51. The molecule has 0 atom stereocenters. The summed E-state index contributed by atoms with van der Waals surface area (Å²) in [4.78, 5) is 0. The highest BCUT2D eigenvalue weighted by Crippen LogP contribution is 2.19. The van der Waals surface area contributed by atoms with Gasteiger partial charge in [-0.15, -0.1) is 0 Å². The van der Waals surface area contributed by atoms with Crippen molar-refractivity contribution >= 4 is 10.2 Å². The van der Waals surface area contributed by atoms with Crippen molar-refractivity contribution in [3.8, 4) is 0 Å². The Kier molecular flexibility index (Phi) is 5.62. The van der Waals surface area contributed by atoms with E-state index in [0.717, 1.165) is 38.8 Å². The first kappa shape index (κ1) is 15.2. The van der Waals surface area contributed by atoms with Gasteiger partial charge in [0.25, 0.3) is 10.2 Å². The molecule has 19 heavy (non-hydrogen) atoms. The summed E-state index contributed by atoms with van der Waals surface area (Å²) in [5.74, 6) is 0.681. The van der Waals surface area contributed by atoms with Gasteiger partial charge in [-0.3, -0.25) is 0 Å². The first-order valence-electron chi connectivity index (χ1n) is 7.53. The normalized spacial score (nSPS) is 23.9. The lowest BCUT2D eigenvalue weighted by Crippen LogP contribution is -2.45. The van der Waals surface area contributed by atoms with Crippen LogP contribution in [-0.4, -0.2) is 56.8 Å². The summed E-state index contributed by atoms with van der Waals surface area (Å²) in [6, 6.07) is 0. The van der Waals surface area contributed by atoms with E-state index in [1.54, 1.807) is 15.7 Å². The minimum absolute atomic E-state index is 0.656. The van der Waals surface area contributed by atoms with E-state index in [1.165, 1.54) is 12.8 Å². The Morgan fingerprint density at radius 1 is 1.16 bits per heavy atom. The van der Waals surface area contributed by atoms with Crippen LogP contribution in [0.1, 0.15) is 38.5 Å². The quantitative estimate of drug-likeness (QED) is 0.823. The maximum atomic E-state index is 12.4. The lowest BCUT2D eigenvalue weighted by molar-refractivity contribution is 0.294. The van der Waals surface area contributed by atoms with Crippen molar-refractivity contribution in [1.82, 2.24) is 13.9 Å². The fourth-order valence-corrected chi connectivity index (χ4v) is 4.39. The smallest absolute Gasteiger partial charge is 0.281 e. The average Bonchev–Trinajstić information content (AvgIpc) is 2.46. The summed E-state index contributed by atoms with van der Waals surface area (Å²) in [7, 11) is -1.48. The van der Waals surface area contributed by atoms with E-state index in [2.05, 4.69) is 5.32 Å². The number of hydrogen-bond donors (Lipinski definition) is 1. The summed E-state index contributed by atoms with van der Waals surface area (Å²) in [5.41, 5.74) is 0. The molecule has 0 spiro atoms. The number of rotatable bonds is 5. The molecule has 0 aromatic rings. The number of hydrogen-bond acceptors (Lipinski definition) is 3. The topological polar surface area (TPSA) is 52.7 Å². The molecule has 2 aliphatic rings. The second kappa shape index (κ2) is 7.02. The Morgan fingerprint density at radius 2 is 1.79 bits per heavy atom. The van der Waals surface area contributed by atoms with Crippen LogP contribution in [0.4, 0.5) is 0 Å². The van der Waals surface area contributed by atoms with Crippen LogP contribution in [0.3, 0.4) is 0 Å². The van der Waals surface area contributed by atoms with Crippen LogP contribution in [0.15, 0.2) is 0 Å². The van der Waals surface area contributed by atoms with Gasteiger partial charge in [-0.25, -0.2) is 0 Å². The molecular formula is C13H27N3O2S. The molecule has 112 valence electrons. The molecule has 0 aliphatic carbocycles. The Labute approximate surface area is 117 Å². The van der Waals surface area contributed by atoms with Crippen LogP contribution >= 0.6 is 0 Å². The highest BCUT2D eigenvalue weighted by atomic mass is 32.2. The second-order valence-electron chi connectivity index (χ2n) is 5.77. The molecule has 2 fully saturated rings. The molecule has 0 radical (unpaired) electrons. The Bertz CT molecular complexity index is 360. The monoisotopic (exact) mass is 289 g/mol. The van der Waals surface area contributed by atoms with Crippen LogP contribution in [0.25, 0.3) is 0 Å². The minimum Gasteiger partial charge on any atom is -0.317 e. The molecule has 5 nitrogen and oxygen atoms in total. The molecule has 0 amide bonds. The van der Waals surface area contributed by atoms with Crippen LogP contribution in [-0.2, 0) is 10.2 Å². The highest BCUT2D eigenvalue weighted by molar-refractivity contribution is 7.86. The highest BCUT2D eigenvalue weighted by Gasteiger charge is 2.28. The molecule has 2 heterocycles. The van der Waals surface area contributed by atoms with E-state index >= 15 is 0 Å². The van der Waals surface area contributed by atoms with Gasteiger partial charge < -0.3 is 5.32 Å². The van der Waals surface area contributed by atoms with Crippen LogP contribution in [0.5, 0.6) is 0 Å². The summed E-state index contributed by atoms with van der Waals surface area (Å²) in [5, 5.41) is 3.34. The number of nitrogens with one attached hydrogen (secondary N) is 1. The fraction of sp³-hybridized carbons (Fsp3) is 1.00. The first-order valence-corrected chi connectivity index (χ1v) is 8.92. The van der Waals surface area contributed by atoms with Gasteiger partial charge in [-0.05, 0) is 51.1 Å². The van der Waals surface area contributed by atoms with Crippen LogP contribution < -0.4 is 5.32 Å². The Morgan fingerprint density at radius 3 is 2.42 bits per heavy atom. The summed E-state index contributed by atoms with van der Waals surface area (Å²) in [6.45, 7) is 4.20. The molecule has 0 saturated carbocycles. The van der Waals surface area contributed by atoms with E-state index in [4.69, 9.17) is 0 Å². The second-order valence-corrected chi connectivity index (χ2v) is 7.81. The summed E-state index contributed by atoms with van der Waals surface area (Å²) < 4.78 is 28.0. The third-order valence-corrected chi connectivity index (χ3v) is 6.33. The van der Waals surface area contributed by atoms with Crippen molar-refractivity contribution in [2.24, 2.45) is 5.92 Å². The van der Waals surface area contributed by atoms with Crippen molar-refractivity contribution in [3.05, 3.63) is 0 Å². The fourth-order valence-electron chi connectivity index (χ4n) is 2.94. The molecule has 1 N–H and O–H groups in total.